The van der Waals surface area contributed by atoms with Gasteiger partial charge in [0.2, 0.25) is 0 Å². The number of benzene rings is 2. The molecule has 0 aliphatic carbocycles. The van der Waals surface area contributed by atoms with Crippen LogP contribution in [0.5, 0.6) is 0 Å². The maximum Gasteiger partial charge on any atom is 0.416 e. The Morgan fingerprint density at radius 2 is 1.75 bits per heavy atom. The predicted octanol–water partition coefficient (Wildman–Crippen LogP) is 6.73. The zero-order valence-electron chi connectivity index (χ0n) is 23.0. The van der Waals surface area contributed by atoms with Crippen molar-refractivity contribution in [2.45, 2.75) is 30.2 Å². The second kappa shape index (κ2) is 12.5. The Morgan fingerprint density at radius 1 is 0.932 bits per heavy atom. The standard InChI is InChI=1S/C31H23ClF3N5O3S/c1-19-4-5-20(13-23(19)14-29-37-12-10-27(40-29)21-3-2-11-36-16-21)30(41)39-24-7-6-22(26(15-24)31(33,34)35)18-44(42,43)25-8-9-28(32)38-17-25/h2-13,15-17H,14,18H2,1H3,(H,39,41). The maximum absolute atomic E-state index is 14.0. The van der Waals surface area contributed by atoms with Crippen molar-refractivity contribution in [2.24, 2.45) is 0 Å². The fraction of sp³-hybridized carbons (Fsp3) is 0.129. The van der Waals surface area contributed by atoms with Crippen LogP contribution in [-0.2, 0) is 28.2 Å². The molecule has 0 fully saturated rings. The predicted molar refractivity (Wildman–Crippen MR) is 159 cm³/mol. The first-order chi connectivity index (χ1) is 20.9. The lowest BCUT2D eigenvalue weighted by Crippen LogP contribution is -2.16. The van der Waals surface area contributed by atoms with Gasteiger partial charge in [0.05, 0.1) is 21.9 Å². The van der Waals surface area contributed by atoms with Gasteiger partial charge in [0.1, 0.15) is 11.0 Å². The van der Waals surface area contributed by atoms with Crippen LogP contribution in [-0.4, -0.2) is 34.3 Å². The van der Waals surface area contributed by atoms with Crippen LogP contribution in [0.2, 0.25) is 5.15 Å². The van der Waals surface area contributed by atoms with Crippen molar-refractivity contribution in [1.29, 1.82) is 0 Å². The molecule has 8 nitrogen and oxygen atoms in total. The van der Waals surface area contributed by atoms with E-state index in [-0.39, 0.29) is 21.3 Å². The lowest BCUT2D eigenvalue weighted by Gasteiger charge is -2.16. The number of carbonyl (C=O) groups is 1. The van der Waals surface area contributed by atoms with E-state index in [1.54, 1.807) is 48.9 Å². The summed E-state index contributed by atoms with van der Waals surface area (Å²) in [5, 5.41) is 2.53. The molecule has 0 aliphatic rings. The number of nitrogens with zero attached hydrogens (tertiary/aromatic N) is 4. The smallest absolute Gasteiger partial charge is 0.322 e. The molecule has 1 N–H and O–H groups in total. The summed E-state index contributed by atoms with van der Waals surface area (Å²) in [5.41, 5.74) is 1.55. The van der Waals surface area contributed by atoms with E-state index in [1.165, 1.54) is 18.2 Å². The Balaban J connectivity index is 1.36. The van der Waals surface area contributed by atoms with Crippen molar-refractivity contribution in [1.82, 2.24) is 19.9 Å². The van der Waals surface area contributed by atoms with Crippen LogP contribution >= 0.6 is 11.6 Å². The number of nitrogens with one attached hydrogen (secondary N) is 1. The molecule has 13 heteroatoms. The quantitative estimate of drug-likeness (QED) is 0.188. The molecule has 0 aliphatic heterocycles. The Bertz CT molecular complexity index is 1940. The second-order valence-corrected chi connectivity index (χ2v) is 12.2. The molecule has 0 saturated heterocycles. The minimum atomic E-state index is -4.88. The van der Waals surface area contributed by atoms with Crippen molar-refractivity contribution in [3.05, 3.63) is 130 Å². The normalized spacial score (nSPS) is 11.8. The van der Waals surface area contributed by atoms with Crippen molar-refractivity contribution < 1.29 is 26.4 Å². The van der Waals surface area contributed by atoms with Crippen LogP contribution < -0.4 is 5.32 Å². The summed E-state index contributed by atoms with van der Waals surface area (Å²) >= 11 is 5.69. The number of amides is 1. The number of sulfone groups is 1. The van der Waals surface area contributed by atoms with Gasteiger partial charge < -0.3 is 5.32 Å². The molecular formula is C31H23ClF3N5O3S. The second-order valence-electron chi connectivity index (χ2n) is 9.82. The van der Waals surface area contributed by atoms with Crippen molar-refractivity contribution in [3.63, 3.8) is 0 Å². The highest BCUT2D eigenvalue weighted by Gasteiger charge is 2.35. The van der Waals surface area contributed by atoms with Gasteiger partial charge in [-0.05, 0) is 78.2 Å². The minimum absolute atomic E-state index is 0.0455. The van der Waals surface area contributed by atoms with Gasteiger partial charge in [-0.2, -0.15) is 13.2 Å². The van der Waals surface area contributed by atoms with Crippen LogP contribution in [0.25, 0.3) is 11.3 Å². The number of hydrogen-bond acceptors (Lipinski definition) is 7. The van der Waals surface area contributed by atoms with E-state index >= 15 is 0 Å². The largest absolute Gasteiger partial charge is 0.416 e. The number of carbonyl (C=O) groups excluding carboxylic acids is 1. The zero-order chi connectivity index (χ0) is 31.5. The number of pyridine rings is 2. The molecule has 0 bridgehead atoms. The first-order valence-corrected chi connectivity index (χ1v) is 15.1. The van der Waals surface area contributed by atoms with Gasteiger partial charge in [0.15, 0.2) is 9.84 Å². The van der Waals surface area contributed by atoms with Crippen LogP contribution in [0.1, 0.15) is 38.4 Å². The van der Waals surface area contributed by atoms with Crippen LogP contribution in [0, 0.1) is 6.92 Å². The van der Waals surface area contributed by atoms with E-state index in [9.17, 15) is 26.4 Å². The van der Waals surface area contributed by atoms with Crippen LogP contribution in [0.3, 0.4) is 0 Å². The zero-order valence-corrected chi connectivity index (χ0v) is 24.6. The van der Waals surface area contributed by atoms with Crippen molar-refractivity contribution >= 4 is 33.0 Å². The first kappa shape index (κ1) is 30.8. The molecule has 0 spiro atoms. The van der Waals surface area contributed by atoms with Gasteiger partial charge >= 0.3 is 6.18 Å². The average Bonchev–Trinajstić information content (AvgIpc) is 2.99. The Hall–Kier alpha value is -4.68. The third-order valence-corrected chi connectivity index (χ3v) is 8.58. The highest BCUT2D eigenvalue weighted by Crippen LogP contribution is 2.35. The fourth-order valence-corrected chi connectivity index (χ4v) is 5.84. The van der Waals surface area contributed by atoms with E-state index in [0.29, 0.717) is 17.9 Å². The lowest BCUT2D eigenvalue weighted by molar-refractivity contribution is -0.138. The molecule has 3 heterocycles. The Kier molecular flexibility index (Phi) is 8.75. The first-order valence-electron chi connectivity index (χ1n) is 13.1. The summed E-state index contributed by atoms with van der Waals surface area (Å²) in [6.45, 7) is 1.87. The van der Waals surface area contributed by atoms with E-state index in [0.717, 1.165) is 35.0 Å². The van der Waals surface area contributed by atoms with Crippen LogP contribution in [0.15, 0.2) is 96.4 Å². The molecule has 5 rings (SSSR count). The molecule has 0 unspecified atom stereocenters. The summed E-state index contributed by atoms with van der Waals surface area (Å²) in [6, 6.07) is 15.8. The van der Waals surface area contributed by atoms with Gasteiger partial charge in [0.25, 0.3) is 5.91 Å². The maximum atomic E-state index is 14.0. The van der Waals surface area contributed by atoms with Gasteiger partial charge in [0, 0.05) is 48.0 Å². The topological polar surface area (TPSA) is 115 Å². The summed E-state index contributed by atoms with van der Waals surface area (Å²) in [4.78, 5) is 29.6. The number of anilines is 1. The molecule has 224 valence electrons. The summed E-state index contributed by atoms with van der Waals surface area (Å²) in [6.07, 6.45) is 1.40. The molecular weight excluding hydrogens is 615 g/mol. The number of alkyl halides is 3. The van der Waals surface area contributed by atoms with Gasteiger partial charge in [-0.3, -0.25) is 9.78 Å². The van der Waals surface area contributed by atoms with Crippen molar-refractivity contribution in [3.8, 4) is 11.3 Å². The number of halogens is 4. The summed E-state index contributed by atoms with van der Waals surface area (Å²) in [5.74, 6) is -1.05. The third kappa shape index (κ3) is 7.26. The average molecular weight is 638 g/mol. The highest BCUT2D eigenvalue weighted by atomic mass is 35.5. The van der Waals surface area contributed by atoms with E-state index in [4.69, 9.17) is 11.6 Å². The van der Waals surface area contributed by atoms with Crippen molar-refractivity contribution in [2.75, 3.05) is 5.32 Å². The number of aryl methyl sites for hydroxylation is 1. The highest BCUT2D eigenvalue weighted by molar-refractivity contribution is 7.90. The summed E-state index contributed by atoms with van der Waals surface area (Å²) in [7, 11) is -4.17. The molecule has 0 atom stereocenters. The molecule has 0 saturated carbocycles. The van der Waals surface area contributed by atoms with Gasteiger partial charge in [-0.15, -0.1) is 0 Å². The Morgan fingerprint density at radius 3 is 2.45 bits per heavy atom. The Labute approximate surface area is 255 Å². The fourth-order valence-electron chi connectivity index (χ4n) is 4.41. The third-order valence-electron chi connectivity index (χ3n) is 6.70. The van der Waals surface area contributed by atoms with E-state index < -0.39 is 38.8 Å². The van der Waals surface area contributed by atoms with Gasteiger partial charge in [-0.1, -0.05) is 23.7 Å². The number of aromatic nitrogens is 4. The molecule has 1 amide bonds. The molecule has 2 aromatic carbocycles. The number of rotatable bonds is 8. The molecule has 5 aromatic rings. The van der Waals surface area contributed by atoms with Crippen LogP contribution in [0.4, 0.5) is 18.9 Å². The number of hydrogen-bond donors (Lipinski definition) is 1. The SMILES string of the molecule is Cc1ccc(C(=O)Nc2ccc(CS(=O)(=O)c3ccc(Cl)nc3)c(C(F)(F)F)c2)cc1Cc1nccc(-c2cccnc2)n1. The lowest BCUT2D eigenvalue weighted by atomic mass is 10.0. The monoisotopic (exact) mass is 637 g/mol. The molecule has 3 aromatic heterocycles. The van der Waals surface area contributed by atoms with E-state index in [1.807, 2.05) is 13.0 Å². The van der Waals surface area contributed by atoms with E-state index in [2.05, 4.69) is 25.3 Å². The molecule has 0 radical (unpaired) electrons. The minimum Gasteiger partial charge on any atom is -0.322 e. The molecule has 44 heavy (non-hydrogen) atoms. The summed E-state index contributed by atoms with van der Waals surface area (Å²) < 4.78 is 67.6. The van der Waals surface area contributed by atoms with Gasteiger partial charge in [-0.25, -0.2) is 23.4 Å².